The molecule has 1 amide bonds. The average Bonchev–Trinajstić information content (AvgIpc) is 3.14. The van der Waals surface area contributed by atoms with Crippen LogP contribution in [-0.2, 0) is 4.79 Å². The van der Waals surface area contributed by atoms with E-state index < -0.39 is 5.54 Å². The zero-order chi connectivity index (χ0) is 14.5. The van der Waals surface area contributed by atoms with Crippen LogP contribution in [0.1, 0.15) is 32.3 Å². The third-order valence-electron chi connectivity index (χ3n) is 4.53. The summed E-state index contributed by atoms with van der Waals surface area (Å²) < 4.78 is 0.999. The highest BCUT2D eigenvalue weighted by Crippen LogP contribution is 2.48. The number of aryl methyl sites for hydroxylation is 1. The van der Waals surface area contributed by atoms with Gasteiger partial charge in [0.05, 0.1) is 11.2 Å². The quantitative estimate of drug-likeness (QED) is 0.853. The van der Waals surface area contributed by atoms with Crippen molar-refractivity contribution in [1.82, 2.24) is 5.32 Å². The van der Waals surface area contributed by atoms with Crippen LogP contribution in [-0.4, -0.2) is 24.5 Å². The van der Waals surface area contributed by atoms with Gasteiger partial charge in [0.25, 0.3) is 0 Å². The van der Waals surface area contributed by atoms with E-state index in [0.717, 1.165) is 23.2 Å². The Kier molecular flexibility index (Phi) is 3.22. The number of carbonyl (C=O) groups excluding carboxylic acids is 1. The van der Waals surface area contributed by atoms with Crippen molar-refractivity contribution in [2.45, 2.75) is 39.2 Å². The van der Waals surface area contributed by atoms with Crippen molar-refractivity contribution in [2.24, 2.45) is 5.41 Å². The Labute approximate surface area is 128 Å². The molecule has 0 aromatic heterocycles. The number of anilines is 1. The average molecular weight is 337 g/mol. The van der Waals surface area contributed by atoms with Gasteiger partial charge in [0.15, 0.2) is 0 Å². The second-order valence-corrected chi connectivity index (χ2v) is 7.68. The number of benzene rings is 1. The van der Waals surface area contributed by atoms with E-state index in [2.05, 4.69) is 46.4 Å². The van der Waals surface area contributed by atoms with Crippen molar-refractivity contribution in [2.75, 3.05) is 18.0 Å². The number of nitrogens with one attached hydrogen (secondary N) is 1. The molecule has 1 N–H and O–H groups in total. The van der Waals surface area contributed by atoms with Gasteiger partial charge < -0.3 is 10.2 Å². The minimum atomic E-state index is -0.504. The largest absolute Gasteiger partial charge is 0.309 e. The fraction of sp³-hybridized carbons (Fsp3) is 0.562. The van der Waals surface area contributed by atoms with Crippen molar-refractivity contribution < 1.29 is 4.79 Å². The van der Waals surface area contributed by atoms with Gasteiger partial charge in [-0.2, -0.15) is 0 Å². The fourth-order valence-corrected chi connectivity index (χ4v) is 3.53. The lowest BCUT2D eigenvalue weighted by atomic mass is 10.0. The lowest BCUT2D eigenvalue weighted by Gasteiger charge is -2.30. The molecule has 1 aliphatic heterocycles. The Morgan fingerprint density at radius 1 is 1.30 bits per heavy atom. The Hall–Kier alpha value is -0.870. The molecule has 2 aliphatic rings. The lowest BCUT2D eigenvalue weighted by Crippen LogP contribution is -2.51. The molecule has 108 valence electrons. The van der Waals surface area contributed by atoms with E-state index in [0.29, 0.717) is 0 Å². The number of nitrogens with zero attached hydrogens (tertiary/aromatic N) is 1. The maximum atomic E-state index is 12.9. The number of rotatable bonds is 1. The summed E-state index contributed by atoms with van der Waals surface area (Å²) >= 11 is 3.62. The fourth-order valence-electron chi connectivity index (χ4n) is 2.82. The van der Waals surface area contributed by atoms with E-state index in [1.54, 1.807) is 0 Å². The minimum Gasteiger partial charge on any atom is -0.309 e. The van der Waals surface area contributed by atoms with Gasteiger partial charge in [-0.3, -0.25) is 4.79 Å². The normalized spacial score (nSPS) is 23.8. The molecule has 1 saturated carbocycles. The van der Waals surface area contributed by atoms with Crippen LogP contribution in [0.3, 0.4) is 0 Å². The van der Waals surface area contributed by atoms with Gasteiger partial charge in [0, 0.05) is 23.0 Å². The second-order valence-electron chi connectivity index (χ2n) is 6.82. The highest BCUT2D eigenvalue weighted by atomic mass is 79.9. The van der Waals surface area contributed by atoms with Crippen molar-refractivity contribution in [3.63, 3.8) is 0 Å². The lowest BCUT2D eigenvalue weighted by molar-refractivity contribution is -0.123. The van der Waals surface area contributed by atoms with Crippen LogP contribution >= 0.6 is 15.9 Å². The van der Waals surface area contributed by atoms with Gasteiger partial charge in [0.1, 0.15) is 0 Å². The molecule has 1 saturated heterocycles. The predicted molar refractivity (Wildman–Crippen MR) is 85.0 cm³/mol. The van der Waals surface area contributed by atoms with Gasteiger partial charge in [-0.05, 0) is 67.2 Å². The molecule has 0 unspecified atom stereocenters. The van der Waals surface area contributed by atoms with Crippen LogP contribution in [0, 0.1) is 12.3 Å². The summed E-state index contributed by atoms with van der Waals surface area (Å²) in [7, 11) is 0. The maximum Gasteiger partial charge on any atom is 0.246 e. The molecule has 0 radical (unpaired) electrons. The van der Waals surface area contributed by atoms with Crippen LogP contribution in [0.2, 0.25) is 0 Å². The van der Waals surface area contributed by atoms with E-state index in [1.807, 2.05) is 18.7 Å². The maximum absolute atomic E-state index is 12.9. The number of halogens is 1. The minimum absolute atomic E-state index is 0.158. The van der Waals surface area contributed by atoms with Crippen molar-refractivity contribution >= 4 is 27.5 Å². The zero-order valence-corrected chi connectivity index (χ0v) is 13.9. The molecule has 2 fully saturated rings. The molecule has 1 spiro atoms. The summed E-state index contributed by atoms with van der Waals surface area (Å²) in [5, 5.41) is 3.45. The van der Waals surface area contributed by atoms with Crippen LogP contribution in [0.5, 0.6) is 0 Å². The molecule has 3 nitrogen and oxygen atoms in total. The number of carbonyl (C=O) groups is 1. The van der Waals surface area contributed by atoms with E-state index in [1.165, 1.54) is 18.4 Å². The SMILES string of the molecule is Cc1ccc(N2CC3(CC3)CNC(C)(C)C2=O)c(Br)c1. The standard InChI is InChI=1S/C16H21BrN2O/c1-11-4-5-13(12(17)8-11)19-10-16(6-7-16)9-18-15(2,3)14(19)20/h4-5,8,18H,6-7,9-10H2,1-3H3. The Morgan fingerprint density at radius 3 is 2.60 bits per heavy atom. The third kappa shape index (κ3) is 2.40. The summed E-state index contributed by atoms with van der Waals surface area (Å²) in [6.07, 6.45) is 2.42. The van der Waals surface area contributed by atoms with E-state index in [9.17, 15) is 4.79 Å². The first-order valence-electron chi connectivity index (χ1n) is 7.16. The number of amides is 1. The van der Waals surface area contributed by atoms with Crippen LogP contribution in [0.15, 0.2) is 22.7 Å². The molecule has 1 aliphatic carbocycles. The molecule has 1 heterocycles. The smallest absolute Gasteiger partial charge is 0.246 e. The molecular weight excluding hydrogens is 316 g/mol. The van der Waals surface area contributed by atoms with Gasteiger partial charge in [-0.25, -0.2) is 0 Å². The molecule has 4 heteroatoms. The molecule has 0 bridgehead atoms. The summed E-state index contributed by atoms with van der Waals surface area (Å²) in [6.45, 7) is 7.78. The molecule has 1 aromatic carbocycles. The van der Waals surface area contributed by atoms with Crippen LogP contribution < -0.4 is 10.2 Å². The van der Waals surface area contributed by atoms with Gasteiger partial charge in [0.2, 0.25) is 5.91 Å². The summed E-state index contributed by atoms with van der Waals surface area (Å²) in [6, 6.07) is 6.20. The second kappa shape index (κ2) is 4.57. The van der Waals surface area contributed by atoms with E-state index in [4.69, 9.17) is 0 Å². The monoisotopic (exact) mass is 336 g/mol. The molecule has 1 aromatic rings. The number of hydrogen-bond donors (Lipinski definition) is 1. The number of hydrogen-bond acceptors (Lipinski definition) is 2. The van der Waals surface area contributed by atoms with Crippen LogP contribution in [0.4, 0.5) is 5.69 Å². The van der Waals surface area contributed by atoms with E-state index in [-0.39, 0.29) is 11.3 Å². The summed E-state index contributed by atoms with van der Waals surface area (Å²) in [4.78, 5) is 14.8. The third-order valence-corrected chi connectivity index (χ3v) is 5.16. The Morgan fingerprint density at radius 2 is 2.00 bits per heavy atom. The first kappa shape index (κ1) is 14.1. The van der Waals surface area contributed by atoms with Crippen molar-refractivity contribution in [1.29, 1.82) is 0 Å². The highest BCUT2D eigenvalue weighted by molar-refractivity contribution is 9.10. The highest BCUT2D eigenvalue weighted by Gasteiger charge is 2.50. The summed E-state index contributed by atoms with van der Waals surface area (Å²) in [5.41, 5.74) is 1.97. The Balaban J connectivity index is 2.02. The Bertz CT molecular complexity index is 564. The molecule has 0 atom stereocenters. The topological polar surface area (TPSA) is 32.3 Å². The summed E-state index contributed by atoms with van der Waals surface area (Å²) in [5.74, 6) is 0.158. The molecule has 3 rings (SSSR count). The van der Waals surface area contributed by atoms with E-state index >= 15 is 0 Å². The van der Waals surface area contributed by atoms with Crippen molar-refractivity contribution in [3.8, 4) is 0 Å². The molecule has 20 heavy (non-hydrogen) atoms. The first-order valence-corrected chi connectivity index (χ1v) is 7.96. The molecular formula is C16H21BrN2O. The zero-order valence-electron chi connectivity index (χ0n) is 12.3. The first-order chi connectivity index (χ1) is 9.33. The van der Waals surface area contributed by atoms with Gasteiger partial charge >= 0.3 is 0 Å². The predicted octanol–water partition coefficient (Wildman–Crippen LogP) is 3.25. The van der Waals surface area contributed by atoms with Gasteiger partial charge in [-0.15, -0.1) is 0 Å². The van der Waals surface area contributed by atoms with Gasteiger partial charge in [-0.1, -0.05) is 6.07 Å². The van der Waals surface area contributed by atoms with Crippen LogP contribution in [0.25, 0.3) is 0 Å². The van der Waals surface area contributed by atoms with Crippen molar-refractivity contribution in [3.05, 3.63) is 28.2 Å².